The molecule has 2 rings (SSSR count). The molecule has 1 aromatic carbocycles. The van der Waals surface area contributed by atoms with Crippen LogP contribution in [0.4, 0.5) is 8.78 Å². The number of hydrogen-bond donors (Lipinski definition) is 0. The number of alkyl halides is 2. The second kappa shape index (κ2) is 7.58. The zero-order chi connectivity index (χ0) is 16.1. The lowest BCUT2D eigenvalue weighted by Crippen LogP contribution is -2.28. The Morgan fingerprint density at radius 3 is 2.50 bits per heavy atom. The molecule has 5 heteroatoms. The first kappa shape index (κ1) is 16.7. The fourth-order valence-electron chi connectivity index (χ4n) is 2.09. The normalized spacial score (nSPS) is 14.7. The van der Waals surface area contributed by atoms with E-state index in [2.05, 4.69) is 35.7 Å². The van der Waals surface area contributed by atoms with Gasteiger partial charge >= 0.3 is 0 Å². The van der Waals surface area contributed by atoms with E-state index in [1.54, 1.807) is 11.0 Å². The zero-order valence-corrected chi connectivity index (χ0v) is 14.1. The van der Waals surface area contributed by atoms with Gasteiger partial charge in [0, 0.05) is 15.0 Å². The van der Waals surface area contributed by atoms with Gasteiger partial charge in [-0.25, -0.2) is 8.78 Å². The molecule has 0 N–H and O–H groups in total. The molecule has 0 aromatic heterocycles. The summed E-state index contributed by atoms with van der Waals surface area (Å²) in [6.07, 6.45) is 2.94. The van der Waals surface area contributed by atoms with Gasteiger partial charge in [-0.1, -0.05) is 19.2 Å². The van der Waals surface area contributed by atoms with E-state index in [0.29, 0.717) is 23.8 Å². The second-order valence-corrected chi connectivity index (χ2v) is 5.80. The summed E-state index contributed by atoms with van der Waals surface area (Å²) in [6.45, 7) is 7.55. The summed E-state index contributed by atoms with van der Waals surface area (Å²) < 4.78 is 32.0. The molecule has 0 atom stereocenters. The molecule has 1 heterocycles. The Kier molecular flexibility index (Phi) is 5.76. The van der Waals surface area contributed by atoms with E-state index in [1.807, 2.05) is 36.4 Å². The molecule has 0 fully saturated rings. The Morgan fingerprint density at radius 1 is 1.23 bits per heavy atom. The van der Waals surface area contributed by atoms with Crippen molar-refractivity contribution in [1.29, 1.82) is 0 Å². The van der Waals surface area contributed by atoms with E-state index in [9.17, 15) is 8.78 Å². The molecule has 1 aliphatic heterocycles. The molecule has 1 aliphatic rings. The maximum Gasteiger partial charge on any atom is 0.256 e. The third kappa shape index (κ3) is 3.97. The number of rotatable bonds is 6. The number of hydrogen-bond acceptors (Lipinski definition) is 2. The molecule has 0 aliphatic carbocycles. The van der Waals surface area contributed by atoms with Crippen LogP contribution in [0.2, 0.25) is 0 Å². The van der Waals surface area contributed by atoms with Crippen molar-refractivity contribution >= 4 is 28.3 Å². The van der Waals surface area contributed by atoms with Crippen LogP contribution in [0.5, 0.6) is 5.75 Å². The van der Waals surface area contributed by atoms with Gasteiger partial charge in [0.25, 0.3) is 6.43 Å². The van der Waals surface area contributed by atoms with Gasteiger partial charge < -0.3 is 9.64 Å². The van der Waals surface area contributed by atoms with E-state index in [0.717, 1.165) is 9.14 Å². The molecule has 116 valence electrons. The van der Waals surface area contributed by atoms with Gasteiger partial charge in [-0.05, 0) is 64.6 Å². The molecule has 0 spiro atoms. The largest absolute Gasteiger partial charge is 0.490 e. The quantitative estimate of drug-likeness (QED) is 0.479. The Hall–Kier alpha value is -1.63. The highest BCUT2D eigenvalue weighted by molar-refractivity contribution is 14.1. The minimum Gasteiger partial charge on any atom is -0.490 e. The van der Waals surface area contributed by atoms with E-state index in [4.69, 9.17) is 4.74 Å². The van der Waals surface area contributed by atoms with Crippen LogP contribution >= 0.6 is 22.6 Å². The lowest BCUT2D eigenvalue weighted by Gasteiger charge is -2.31. The molecule has 2 nitrogen and oxygen atoms in total. The fourth-order valence-corrected chi connectivity index (χ4v) is 2.56. The molecular formula is C17H16F2INO. The number of nitrogens with zero attached hydrogens (tertiary/aromatic N) is 1. The maximum absolute atomic E-state index is 12.9. The Morgan fingerprint density at radius 2 is 1.91 bits per heavy atom. The van der Waals surface area contributed by atoms with Crippen LogP contribution in [0.25, 0.3) is 5.70 Å². The van der Waals surface area contributed by atoms with Crippen molar-refractivity contribution in [3.05, 3.63) is 70.5 Å². The summed E-state index contributed by atoms with van der Waals surface area (Å²) in [4.78, 5) is 1.55. The minimum absolute atomic E-state index is 0.375. The summed E-state index contributed by atoms with van der Waals surface area (Å²) in [6, 6.07) is 7.32. The molecule has 0 bridgehead atoms. The van der Waals surface area contributed by atoms with Crippen molar-refractivity contribution < 1.29 is 13.5 Å². The van der Waals surface area contributed by atoms with Crippen LogP contribution in [0.15, 0.2) is 64.9 Å². The van der Waals surface area contributed by atoms with Crippen LogP contribution in [-0.4, -0.2) is 24.5 Å². The summed E-state index contributed by atoms with van der Waals surface area (Å²) in [5.41, 5.74) is 2.14. The van der Waals surface area contributed by atoms with Gasteiger partial charge in [-0.15, -0.1) is 0 Å². The van der Waals surface area contributed by atoms with Crippen LogP contribution in [0.1, 0.15) is 5.56 Å². The summed E-state index contributed by atoms with van der Waals surface area (Å²) >= 11 is 2.10. The summed E-state index contributed by atoms with van der Waals surface area (Å²) in [5, 5.41) is 0. The van der Waals surface area contributed by atoms with Gasteiger partial charge in [-0.2, -0.15) is 0 Å². The fraction of sp³-hybridized carbons (Fsp3) is 0.176. The molecule has 0 amide bonds. The van der Waals surface area contributed by atoms with Crippen molar-refractivity contribution in [3.8, 4) is 5.75 Å². The highest BCUT2D eigenvalue weighted by atomic mass is 127. The number of ether oxygens (including phenoxy) is 1. The van der Waals surface area contributed by atoms with Crippen molar-refractivity contribution in [2.75, 3.05) is 13.2 Å². The predicted molar refractivity (Wildman–Crippen MR) is 94.1 cm³/mol. The first-order valence-electron chi connectivity index (χ1n) is 6.69. The lowest BCUT2D eigenvalue weighted by atomic mass is 10.1. The molecule has 22 heavy (non-hydrogen) atoms. The highest BCUT2D eigenvalue weighted by Crippen LogP contribution is 2.34. The van der Waals surface area contributed by atoms with Crippen molar-refractivity contribution in [1.82, 2.24) is 4.90 Å². The van der Waals surface area contributed by atoms with Gasteiger partial charge in [0.2, 0.25) is 0 Å². The van der Waals surface area contributed by atoms with Gasteiger partial charge in [0.1, 0.15) is 12.4 Å². The van der Waals surface area contributed by atoms with Gasteiger partial charge in [0.15, 0.2) is 0 Å². The average Bonchev–Trinajstić information content (AvgIpc) is 2.50. The topological polar surface area (TPSA) is 12.5 Å². The van der Waals surface area contributed by atoms with E-state index in [1.165, 1.54) is 0 Å². The van der Waals surface area contributed by atoms with Gasteiger partial charge in [-0.3, -0.25) is 0 Å². The van der Waals surface area contributed by atoms with Crippen LogP contribution < -0.4 is 4.74 Å². The first-order valence-corrected chi connectivity index (χ1v) is 7.77. The number of halogens is 3. The number of benzene rings is 1. The molecule has 0 radical (unpaired) electrons. The second-order valence-electron chi connectivity index (χ2n) is 4.64. The standard InChI is InChI=1S/C17H16F2INO/c1-3-10-22-14-6-4-13(5-7-14)16-9-8-15(20)12(2)21(16)11-17(18)19/h3-9,17H,1-2,10-11H2. The van der Waals surface area contributed by atoms with Crippen molar-refractivity contribution in [2.45, 2.75) is 6.43 Å². The smallest absolute Gasteiger partial charge is 0.256 e. The molecule has 0 saturated heterocycles. The Bertz CT molecular complexity index is 620. The summed E-state index contributed by atoms with van der Waals surface area (Å²) in [7, 11) is 0. The van der Waals surface area contributed by atoms with Crippen LogP contribution in [-0.2, 0) is 0 Å². The Labute approximate surface area is 142 Å². The molecule has 1 aromatic rings. The minimum atomic E-state index is -2.43. The Balaban J connectivity index is 2.27. The molecule has 0 unspecified atom stereocenters. The number of allylic oxidation sites excluding steroid dienone is 3. The predicted octanol–water partition coefficient (Wildman–Crippen LogP) is 5.01. The van der Waals surface area contributed by atoms with Gasteiger partial charge in [0.05, 0.1) is 6.54 Å². The van der Waals surface area contributed by atoms with E-state index >= 15 is 0 Å². The summed E-state index contributed by atoms with van der Waals surface area (Å²) in [5.74, 6) is 0.712. The van der Waals surface area contributed by atoms with Crippen molar-refractivity contribution in [3.63, 3.8) is 0 Å². The average molecular weight is 415 g/mol. The highest BCUT2D eigenvalue weighted by Gasteiger charge is 2.22. The third-order valence-electron chi connectivity index (χ3n) is 3.12. The molecule has 0 saturated carbocycles. The van der Waals surface area contributed by atoms with Crippen molar-refractivity contribution in [2.24, 2.45) is 0 Å². The lowest BCUT2D eigenvalue weighted by molar-refractivity contribution is 0.123. The monoisotopic (exact) mass is 415 g/mol. The van der Waals surface area contributed by atoms with E-state index in [-0.39, 0.29) is 6.54 Å². The first-order chi connectivity index (χ1) is 10.5. The third-order valence-corrected chi connectivity index (χ3v) is 4.10. The zero-order valence-electron chi connectivity index (χ0n) is 11.9. The molecular weight excluding hydrogens is 399 g/mol. The van der Waals surface area contributed by atoms with E-state index < -0.39 is 6.43 Å². The maximum atomic E-state index is 12.9. The van der Waals surface area contributed by atoms with Crippen LogP contribution in [0, 0.1) is 0 Å². The van der Waals surface area contributed by atoms with Crippen LogP contribution in [0.3, 0.4) is 0 Å². The SMILES string of the molecule is C=CCOc1ccc(C2=CC=C(I)C(=C)N2CC(F)F)cc1.